The van der Waals surface area contributed by atoms with Crippen molar-refractivity contribution in [3.63, 3.8) is 0 Å². The third-order valence-electron chi connectivity index (χ3n) is 1.83. The molecule has 0 aromatic carbocycles. The summed E-state index contributed by atoms with van der Waals surface area (Å²) in [5.74, 6) is 6.62. The SMILES string of the molecule is CSCCC(NN)c1cscc1Br. The van der Waals surface area contributed by atoms with Crippen LogP contribution >= 0.6 is 39.0 Å². The van der Waals surface area contributed by atoms with Crippen molar-refractivity contribution in [1.29, 1.82) is 0 Å². The van der Waals surface area contributed by atoms with Crippen LogP contribution in [0.15, 0.2) is 15.2 Å². The highest BCUT2D eigenvalue weighted by Gasteiger charge is 2.12. The molecule has 74 valence electrons. The van der Waals surface area contributed by atoms with Crippen molar-refractivity contribution in [2.75, 3.05) is 12.0 Å². The highest BCUT2D eigenvalue weighted by molar-refractivity contribution is 9.10. The maximum atomic E-state index is 5.50. The first-order valence-electron chi connectivity index (χ1n) is 3.96. The van der Waals surface area contributed by atoms with Crippen LogP contribution in [0.1, 0.15) is 18.0 Å². The van der Waals surface area contributed by atoms with Crippen molar-refractivity contribution in [3.05, 3.63) is 20.8 Å². The number of hydrogen-bond donors (Lipinski definition) is 2. The zero-order chi connectivity index (χ0) is 9.68. The van der Waals surface area contributed by atoms with Gasteiger partial charge in [0.15, 0.2) is 0 Å². The van der Waals surface area contributed by atoms with Crippen molar-refractivity contribution in [1.82, 2.24) is 5.43 Å². The molecule has 5 heteroatoms. The number of hydrogen-bond acceptors (Lipinski definition) is 4. The predicted molar refractivity (Wildman–Crippen MR) is 65.1 cm³/mol. The summed E-state index contributed by atoms with van der Waals surface area (Å²) in [6.45, 7) is 0. The Morgan fingerprint density at radius 1 is 1.69 bits per heavy atom. The molecule has 0 radical (unpaired) electrons. The number of nitrogens with two attached hydrogens (primary N) is 1. The fourth-order valence-corrected chi connectivity index (χ4v) is 3.20. The maximum absolute atomic E-state index is 5.50. The van der Waals surface area contributed by atoms with Crippen LogP contribution in [0.3, 0.4) is 0 Å². The Labute approximate surface area is 95.4 Å². The van der Waals surface area contributed by atoms with E-state index in [1.165, 1.54) is 5.56 Å². The molecule has 0 saturated heterocycles. The van der Waals surface area contributed by atoms with Gasteiger partial charge in [-0.1, -0.05) is 0 Å². The second-order valence-corrected chi connectivity index (χ2v) is 5.26. The lowest BCUT2D eigenvalue weighted by Crippen LogP contribution is -2.28. The quantitative estimate of drug-likeness (QED) is 0.644. The summed E-state index contributed by atoms with van der Waals surface area (Å²) < 4.78 is 1.15. The lowest BCUT2D eigenvalue weighted by molar-refractivity contribution is 0.542. The largest absolute Gasteiger partial charge is 0.271 e. The topological polar surface area (TPSA) is 38.0 Å². The minimum Gasteiger partial charge on any atom is -0.271 e. The highest BCUT2D eigenvalue weighted by Crippen LogP contribution is 2.29. The van der Waals surface area contributed by atoms with Crippen molar-refractivity contribution in [2.45, 2.75) is 12.5 Å². The number of thiophene rings is 1. The van der Waals surface area contributed by atoms with E-state index in [2.05, 4.69) is 38.4 Å². The van der Waals surface area contributed by atoms with Gasteiger partial charge in [-0.3, -0.25) is 11.3 Å². The number of hydrazine groups is 1. The molecule has 1 rings (SSSR count). The summed E-state index contributed by atoms with van der Waals surface area (Å²) in [6, 6.07) is 0.271. The average Bonchev–Trinajstić information content (AvgIpc) is 2.54. The fourth-order valence-electron chi connectivity index (χ4n) is 1.10. The molecule has 3 N–H and O–H groups in total. The summed E-state index contributed by atoms with van der Waals surface area (Å²) in [4.78, 5) is 0. The third kappa shape index (κ3) is 3.25. The van der Waals surface area contributed by atoms with Crippen LogP contribution in [0.25, 0.3) is 0 Å². The van der Waals surface area contributed by atoms with Gasteiger partial charge in [0, 0.05) is 15.9 Å². The zero-order valence-corrected chi connectivity index (χ0v) is 10.6. The zero-order valence-electron chi connectivity index (χ0n) is 7.42. The molecule has 1 unspecified atom stereocenters. The standard InChI is InChI=1S/C8H13BrN2S2/c1-12-3-2-8(11-10)6-4-13-5-7(6)9/h4-5,8,11H,2-3,10H2,1H3. The van der Waals surface area contributed by atoms with E-state index in [1.54, 1.807) is 11.3 Å². The Balaban J connectivity index is 2.61. The number of halogens is 1. The molecule has 0 spiro atoms. The molecule has 0 saturated carbocycles. The lowest BCUT2D eigenvalue weighted by Gasteiger charge is -2.14. The summed E-state index contributed by atoms with van der Waals surface area (Å²) in [5, 5.41) is 4.22. The first kappa shape index (κ1) is 11.5. The maximum Gasteiger partial charge on any atom is 0.0487 e. The van der Waals surface area contributed by atoms with Gasteiger partial charge in [0.1, 0.15) is 0 Å². The van der Waals surface area contributed by atoms with Crippen LogP contribution in [0.5, 0.6) is 0 Å². The third-order valence-corrected chi connectivity index (χ3v) is 4.23. The minimum absolute atomic E-state index is 0.271. The molecule has 13 heavy (non-hydrogen) atoms. The second-order valence-electron chi connectivity index (χ2n) is 2.68. The number of rotatable bonds is 5. The van der Waals surface area contributed by atoms with Gasteiger partial charge in [-0.25, -0.2) is 0 Å². The van der Waals surface area contributed by atoms with E-state index < -0.39 is 0 Å². The molecule has 0 aliphatic heterocycles. The summed E-state index contributed by atoms with van der Waals surface area (Å²) in [6.07, 6.45) is 3.17. The molecular formula is C8H13BrN2S2. The van der Waals surface area contributed by atoms with Gasteiger partial charge in [0.05, 0.1) is 0 Å². The van der Waals surface area contributed by atoms with E-state index in [9.17, 15) is 0 Å². The molecular weight excluding hydrogens is 268 g/mol. The molecule has 0 bridgehead atoms. The number of nitrogens with one attached hydrogen (secondary N) is 1. The van der Waals surface area contributed by atoms with E-state index >= 15 is 0 Å². The second kappa shape index (κ2) is 6.03. The van der Waals surface area contributed by atoms with E-state index in [1.807, 2.05) is 11.8 Å². The Morgan fingerprint density at radius 2 is 2.46 bits per heavy atom. The van der Waals surface area contributed by atoms with Crippen molar-refractivity contribution >= 4 is 39.0 Å². The molecule has 1 aromatic heterocycles. The molecule has 0 aliphatic rings. The van der Waals surface area contributed by atoms with Gasteiger partial charge in [0.2, 0.25) is 0 Å². The van der Waals surface area contributed by atoms with Crippen LogP contribution in [-0.4, -0.2) is 12.0 Å². The molecule has 0 fully saturated rings. The molecule has 1 atom stereocenters. The van der Waals surface area contributed by atoms with Crippen LogP contribution in [0.2, 0.25) is 0 Å². The molecule has 2 nitrogen and oxygen atoms in total. The van der Waals surface area contributed by atoms with Crippen LogP contribution < -0.4 is 11.3 Å². The Kier molecular flexibility index (Phi) is 5.35. The van der Waals surface area contributed by atoms with Crippen molar-refractivity contribution < 1.29 is 0 Å². The van der Waals surface area contributed by atoms with Gasteiger partial charge in [-0.15, -0.1) is 0 Å². The van der Waals surface area contributed by atoms with Gasteiger partial charge < -0.3 is 0 Å². The average molecular weight is 281 g/mol. The monoisotopic (exact) mass is 280 g/mol. The van der Waals surface area contributed by atoms with Crippen LogP contribution in [0, 0.1) is 0 Å². The first-order valence-corrected chi connectivity index (χ1v) is 7.09. The first-order chi connectivity index (χ1) is 6.29. The van der Waals surface area contributed by atoms with Crippen LogP contribution in [0.4, 0.5) is 0 Å². The van der Waals surface area contributed by atoms with E-state index in [0.29, 0.717) is 0 Å². The van der Waals surface area contributed by atoms with Crippen LogP contribution in [-0.2, 0) is 0 Å². The predicted octanol–water partition coefficient (Wildman–Crippen LogP) is 2.77. The smallest absolute Gasteiger partial charge is 0.0487 e. The van der Waals surface area contributed by atoms with E-state index in [-0.39, 0.29) is 6.04 Å². The normalized spacial score (nSPS) is 13.2. The van der Waals surface area contributed by atoms with E-state index in [0.717, 1.165) is 16.6 Å². The van der Waals surface area contributed by atoms with Gasteiger partial charge >= 0.3 is 0 Å². The Morgan fingerprint density at radius 3 is 2.92 bits per heavy atom. The Bertz CT molecular complexity index is 252. The van der Waals surface area contributed by atoms with Crippen molar-refractivity contribution in [2.24, 2.45) is 5.84 Å². The summed E-state index contributed by atoms with van der Waals surface area (Å²) in [7, 11) is 0. The highest BCUT2D eigenvalue weighted by atomic mass is 79.9. The van der Waals surface area contributed by atoms with E-state index in [4.69, 9.17) is 5.84 Å². The van der Waals surface area contributed by atoms with Gasteiger partial charge in [-0.05, 0) is 45.3 Å². The Hall–Kier alpha value is 0.450. The van der Waals surface area contributed by atoms with Crippen molar-refractivity contribution in [3.8, 4) is 0 Å². The molecule has 0 amide bonds. The van der Waals surface area contributed by atoms with Gasteiger partial charge in [0.25, 0.3) is 0 Å². The number of thioether (sulfide) groups is 1. The summed E-state index contributed by atoms with van der Waals surface area (Å²) >= 11 is 7.04. The molecule has 1 heterocycles. The minimum atomic E-state index is 0.271. The fraction of sp³-hybridized carbons (Fsp3) is 0.500. The lowest BCUT2D eigenvalue weighted by atomic mass is 10.1. The molecule has 0 aliphatic carbocycles. The molecule has 1 aromatic rings. The summed E-state index contributed by atoms with van der Waals surface area (Å²) in [5.41, 5.74) is 4.11. The van der Waals surface area contributed by atoms with Gasteiger partial charge in [-0.2, -0.15) is 23.1 Å².